The zero-order chi connectivity index (χ0) is 12.3. The number of ketones is 1. The van der Waals surface area contributed by atoms with Gasteiger partial charge in [0.15, 0.2) is 11.2 Å². The smallest absolute Gasteiger partial charge is 0.325 e. The summed E-state index contributed by atoms with van der Waals surface area (Å²) in [6.07, 6.45) is 2.44. The van der Waals surface area contributed by atoms with E-state index in [1.54, 1.807) is 0 Å². The molecule has 0 aromatic heterocycles. The van der Waals surface area contributed by atoms with Gasteiger partial charge in [-0.25, -0.2) is 0 Å². The molecule has 3 N–H and O–H groups in total. The molecule has 16 heavy (non-hydrogen) atoms. The Morgan fingerprint density at radius 1 is 1.12 bits per heavy atom. The molecule has 0 atom stereocenters. The lowest BCUT2D eigenvalue weighted by atomic mass is 9.78. The molecule has 6 nitrogen and oxygen atoms in total. The Balaban J connectivity index is 3.04. The molecule has 0 saturated heterocycles. The molecule has 0 aromatic carbocycles. The highest BCUT2D eigenvalue weighted by Gasteiger charge is 2.43. The van der Waals surface area contributed by atoms with Gasteiger partial charge in [-0.3, -0.25) is 14.4 Å². The van der Waals surface area contributed by atoms with Crippen LogP contribution in [0.15, 0.2) is 24.3 Å². The summed E-state index contributed by atoms with van der Waals surface area (Å²) in [5, 5.41) is 26.5. The molecule has 0 fully saturated rings. The minimum Gasteiger partial charge on any atom is -0.481 e. The van der Waals surface area contributed by atoms with E-state index in [1.807, 2.05) is 0 Å². The molecule has 0 amide bonds. The molecule has 1 aliphatic carbocycles. The van der Waals surface area contributed by atoms with E-state index in [9.17, 15) is 14.4 Å². The highest BCUT2D eigenvalue weighted by Crippen LogP contribution is 2.28. The number of carbonyl (C=O) groups excluding carboxylic acids is 1. The third-order valence-corrected chi connectivity index (χ3v) is 2.24. The summed E-state index contributed by atoms with van der Waals surface area (Å²) in [7, 11) is 0. The fourth-order valence-corrected chi connectivity index (χ4v) is 1.35. The highest BCUT2D eigenvalue weighted by molar-refractivity contribution is 6.12. The second-order valence-electron chi connectivity index (χ2n) is 3.38. The molecule has 1 aliphatic rings. The van der Waals surface area contributed by atoms with E-state index in [2.05, 4.69) is 0 Å². The van der Waals surface area contributed by atoms with Crippen LogP contribution >= 0.6 is 0 Å². The average Bonchev–Trinajstić information content (AvgIpc) is 2.17. The van der Waals surface area contributed by atoms with Gasteiger partial charge >= 0.3 is 11.9 Å². The number of carboxylic acids is 2. The maximum Gasteiger partial charge on any atom is 0.325 e. The van der Waals surface area contributed by atoms with E-state index in [4.69, 9.17) is 15.3 Å². The first-order valence-corrected chi connectivity index (χ1v) is 4.44. The number of carbonyl (C=O) groups is 3. The zero-order valence-electron chi connectivity index (χ0n) is 8.16. The van der Waals surface area contributed by atoms with Crippen molar-refractivity contribution in [2.24, 2.45) is 5.41 Å². The molecule has 0 heterocycles. The van der Waals surface area contributed by atoms with Crippen molar-refractivity contribution < 1.29 is 29.7 Å². The van der Waals surface area contributed by atoms with Crippen molar-refractivity contribution in [3.05, 3.63) is 24.3 Å². The van der Waals surface area contributed by atoms with Gasteiger partial charge in [-0.15, -0.1) is 0 Å². The fraction of sp³-hybridized carbons (Fsp3) is 0.300. The standard InChI is InChI=1S/C10H10O6/c11-6-1-3-10(4-2-6,9(15)16)7(12)5-8(13)14/h1-4,6,11H,5H2,(H,13,14)(H,15,16). The maximum atomic E-state index is 11.5. The lowest BCUT2D eigenvalue weighted by Crippen LogP contribution is -2.38. The zero-order valence-corrected chi connectivity index (χ0v) is 8.16. The summed E-state index contributed by atoms with van der Waals surface area (Å²) in [5.74, 6) is -3.80. The van der Waals surface area contributed by atoms with Crippen LogP contribution in [0.3, 0.4) is 0 Å². The van der Waals surface area contributed by atoms with Crippen LogP contribution in [0, 0.1) is 5.41 Å². The topological polar surface area (TPSA) is 112 Å². The van der Waals surface area contributed by atoms with Crippen molar-refractivity contribution in [3.63, 3.8) is 0 Å². The van der Waals surface area contributed by atoms with Crippen molar-refractivity contribution in [1.29, 1.82) is 0 Å². The largest absolute Gasteiger partial charge is 0.481 e. The first-order valence-electron chi connectivity index (χ1n) is 4.44. The molecule has 0 aromatic rings. The summed E-state index contributed by atoms with van der Waals surface area (Å²) in [4.78, 5) is 32.9. The van der Waals surface area contributed by atoms with Crippen LogP contribution in [0.2, 0.25) is 0 Å². The van der Waals surface area contributed by atoms with Crippen LogP contribution < -0.4 is 0 Å². The molecule has 0 radical (unpaired) electrons. The Hall–Kier alpha value is -1.95. The van der Waals surface area contributed by atoms with Crippen molar-refractivity contribution in [2.75, 3.05) is 0 Å². The second-order valence-corrected chi connectivity index (χ2v) is 3.38. The van der Waals surface area contributed by atoms with Crippen LogP contribution in [0.4, 0.5) is 0 Å². The quantitative estimate of drug-likeness (QED) is 0.443. The fourth-order valence-electron chi connectivity index (χ4n) is 1.35. The Kier molecular flexibility index (Phi) is 3.24. The van der Waals surface area contributed by atoms with Crippen molar-refractivity contribution >= 4 is 17.7 Å². The minimum atomic E-state index is -1.97. The minimum absolute atomic E-state index is 0.878. The number of aliphatic hydroxyl groups excluding tert-OH is 1. The first-order chi connectivity index (χ1) is 7.38. The van der Waals surface area contributed by atoms with Gasteiger partial charge < -0.3 is 15.3 Å². The Bertz CT molecular complexity index is 378. The third-order valence-electron chi connectivity index (χ3n) is 2.24. The summed E-state index contributed by atoms with van der Waals surface area (Å²) in [6, 6.07) is 0. The van der Waals surface area contributed by atoms with Gasteiger partial charge in [-0.1, -0.05) is 24.3 Å². The Morgan fingerprint density at radius 3 is 2.00 bits per heavy atom. The molecule has 0 unspecified atom stereocenters. The maximum absolute atomic E-state index is 11.5. The molecule has 1 rings (SSSR count). The highest BCUT2D eigenvalue weighted by atomic mass is 16.4. The summed E-state index contributed by atoms with van der Waals surface area (Å²) in [5.41, 5.74) is -1.97. The van der Waals surface area contributed by atoms with Gasteiger partial charge in [0, 0.05) is 0 Å². The van der Waals surface area contributed by atoms with Crippen molar-refractivity contribution in [3.8, 4) is 0 Å². The van der Waals surface area contributed by atoms with E-state index >= 15 is 0 Å². The summed E-state index contributed by atoms with van der Waals surface area (Å²) in [6.45, 7) is 0. The molecule has 0 aliphatic heterocycles. The van der Waals surface area contributed by atoms with Crippen LogP contribution in [-0.2, 0) is 14.4 Å². The van der Waals surface area contributed by atoms with Gasteiger partial charge in [0.25, 0.3) is 0 Å². The van der Waals surface area contributed by atoms with Gasteiger partial charge in [-0.05, 0) is 0 Å². The summed E-state index contributed by atoms with van der Waals surface area (Å²) < 4.78 is 0. The summed E-state index contributed by atoms with van der Waals surface area (Å²) >= 11 is 0. The number of rotatable bonds is 4. The van der Waals surface area contributed by atoms with Crippen LogP contribution in [0.1, 0.15) is 6.42 Å². The molecule has 0 bridgehead atoms. The number of aliphatic carboxylic acids is 2. The lowest BCUT2D eigenvalue weighted by Gasteiger charge is -2.23. The monoisotopic (exact) mass is 226 g/mol. The normalized spacial score (nSPS) is 27.7. The van der Waals surface area contributed by atoms with Gasteiger partial charge in [0.2, 0.25) is 0 Å². The molecular formula is C10H10O6. The van der Waals surface area contributed by atoms with Crippen LogP contribution in [0.25, 0.3) is 0 Å². The molecule has 0 saturated carbocycles. The van der Waals surface area contributed by atoms with Gasteiger partial charge in [-0.2, -0.15) is 0 Å². The second kappa shape index (κ2) is 4.28. The van der Waals surface area contributed by atoms with Crippen molar-refractivity contribution in [2.45, 2.75) is 12.5 Å². The van der Waals surface area contributed by atoms with Crippen LogP contribution in [0.5, 0.6) is 0 Å². The molecule has 86 valence electrons. The molecule has 0 spiro atoms. The molecule has 6 heteroatoms. The predicted molar refractivity (Wildman–Crippen MR) is 51.6 cm³/mol. The van der Waals surface area contributed by atoms with Crippen molar-refractivity contribution in [1.82, 2.24) is 0 Å². The number of hydrogen-bond acceptors (Lipinski definition) is 4. The number of Topliss-reactive ketones (excluding diaryl/α,β-unsaturated/α-hetero) is 1. The van der Waals surface area contributed by atoms with Gasteiger partial charge in [0.1, 0.15) is 6.42 Å². The van der Waals surface area contributed by atoms with E-state index in [0.717, 1.165) is 24.3 Å². The SMILES string of the molecule is O=C(O)CC(=O)C1(C(=O)O)C=CC(O)C=C1. The number of hydrogen-bond donors (Lipinski definition) is 3. The van der Waals surface area contributed by atoms with Gasteiger partial charge in [0.05, 0.1) is 6.10 Å². The molecular weight excluding hydrogens is 216 g/mol. The Morgan fingerprint density at radius 2 is 1.62 bits per heavy atom. The number of aliphatic hydroxyl groups is 1. The predicted octanol–water partition coefficient (Wildman–Crippen LogP) is -0.412. The average molecular weight is 226 g/mol. The first kappa shape index (κ1) is 12.1. The lowest BCUT2D eigenvalue weighted by molar-refractivity contribution is -0.150. The van der Waals surface area contributed by atoms with E-state index in [1.165, 1.54) is 0 Å². The van der Waals surface area contributed by atoms with Crippen LogP contribution in [-0.4, -0.2) is 39.1 Å². The number of carboxylic acid groups (broad SMARTS) is 2. The van der Waals surface area contributed by atoms with E-state index in [0.29, 0.717) is 0 Å². The van der Waals surface area contributed by atoms with E-state index in [-0.39, 0.29) is 0 Å². The third kappa shape index (κ3) is 2.17. The Labute approximate surface area is 90.5 Å². The van der Waals surface area contributed by atoms with E-state index < -0.39 is 35.7 Å².